The van der Waals surface area contributed by atoms with Crippen molar-refractivity contribution in [3.05, 3.63) is 94.7 Å². The van der Waals surface area contributed by atoms with Crippen LogP contribution in [0.15, 0.2) is 78.7 Å². The Morgan fingerprint density at radius 3 is 2.13 bits per heavy atom. The van der Waals surface area contributed by atoms with Crippen LogP contribution in [-0.2, 0) is 17.9 Å². The van der Waals surface area contributed by atoms with Gasteiger partial charge in [0.05, 0.1) is 6.54 Å². The highest BCUT2D eigenvalue weighted by Gasteiger charge is 2.14. The molecule has 0 aliphatic carbocycles. The van der Waals surface area contributed by atoms with Crippen molar-refractivity contribution in [2.24, 2.45) is 0 Å². The molecule has 8 heteroatoms. The Morgan fingerprint density at radius 1 is 0.935 bits per heavy atom. The number of carbonyl (C=O) groups excluding carboxylic acids is 2. The third-order valence-corrected chi connectivity index (χ3v) is 5.24. The molecule has 0 aliphatic rings. The van der Waals surface area contributed by atoms with E-state index in [2.05, 4.69) is 17.2 Å². The van der Waals surface area contributed by atoms with Crippen LogP contribution in [0.5, 0.6) is 0 Å². The molecule has 3 amide bonds. The van der Waals surface area contributed by atoms with E-state index in [1.54, 1.807) is 48.5 Å². The average Bonchev–Trinajstić information content (AvgIpc) is 3.28. The Morgan fingerprint density at radius 2 is 1.58 bits per heavy atom. The molecule has 31 heavy (non-hydrogen) atoms. The number of nitrogens with zero attached hydrogens (tertiary/aromatic N) is 1. The molecule has 0 fully saturated rings. The van der Waals surface area contributed by atoms with Crippen LogP contribution >= 0.6 is 11.3 Å². The Labute approximate surface area is 183 Å². The highest BCUT2D eigenvalue weighted by molar-refractivity contribution is 7.09. The van der Waals surface area contributed by atoms with E-state index in [9.17, 15) is 19.5 Å². The highest BCUT2D eigenvalue weighted by Crippen LogP contribution is 2.17. The van der Waals surface area contributed by atoms with Crippen molar-refractivity contribution in [2.75, 3.05) is 10.6 Å². The maximum atomic E-state index is 12.5. The quantitative estimate of drug-likeness (QED) is 0.443. The summed E-state index contributed by atoms with van der Waals surface area (Å²) in [6.45, 7) is 3.94. The SMILES string of the molecule is C=CC(=O)Nc1ccc(NC(=O)c2ccc(CN(Cc3cccs3)C(=O)O)cc2)cc1. The van der Waals surface area contributed by atoms with Crippen LogP contribution in [0, 0.1) is 0 Å². The van der Waals surface area contributed by atoms with Gasteiger partial charge in [-0.1, -0.05) is 24.8 Å². The predicted octanol–water partition coefficient (Wildman–Crippen LogP) is 4.81. The molecule has 1 heterocycles. The van der Waals surface area contributed by atoms with Crippen LogP contribution in [0.4, 0.5) is 16.2 Å². The first kappa shape index (κ1) is 21.8. The van der Waals surface area contributed by atoms with E-state index in [1.807, 2.05) is 17.5 Å². The molecule has 0 unspecified atom stereocenters. The maximum absolute atomic E-state index is 12.5. The molecule has 0 atom stereocenters. The standard InChI is InChI=1S/C23H21N3O4S/c1-2-21(27)24-18-9-11-19(12-10-18)25-22(28)17-7-5-16(6-8-17)14-26(23(29)30)15-20-4-3-13-31-20/h2-13H,1,14-15H2,(H,24,27)(H,25,28)(H,29,30). The third kappa shape index (κ3) is 6.28. The monoisotopic (exact) mass is 435 g/mol. The second-order valence-corrected chi connectivity index (χ2v) is 7.67. The minimum absolute atomic E-state index is 0.229. The lowest BCUT2D eigenvalue weighted by Crippen LogP contribution is -2.28. The van der Waals surface area contributed by atoms with Crippen molar-refractivity contribution in [1.29, 1.82) is 0 Å². The second kappa shape index (κ2) is 10.2. The van der Waals surface area contributed by atoms with Gasteiger partial charge in [0.2, 0.25) is 5.91 Å². The third-order valence-electron chi connectivity index (χ3n) is 4.38. The zero-order valence-corrected chi connectivity index (χ0v) is 17.4. The maximum Gasteiger partial charge on any atom is 0.407 e. The predicted molar refractivity (Wildman–Crippen MR) is 121 cm³/mol. The summed E-state index contributed by atoms with van der Waals surface area (Å²) in [7, 11) is 0. The lowest BCUT2D eigenvalue weighted by atomic mass is 10.1. The molecule has 0 aliphatic heterocycles. The summed E-state index contributed by atoms with van der Waals surface area (Å²) in [6.07, 6.45) is 0.181. The lowest BCUT2D eigenvalue weighted by molar-refractivity contribution is -0.111. The molecule has 7 nitrogen and oxygen atoms in total. The van der Waals surface area contributed by atoms with Crippen molar-refractivity contribution >= 4 is 40.6 Å². The molecule has 0 spiro atoms. The number of hydrogen-bond acceptors (Lipinski definition) is 4. The average molecular weight is 436 g/mol. The van der Waals surface area contributed by atoms with Gasteiger partial charge >= 0.3 is 6.09 Å². The van der Waals surface area contributed by atoms with E-state index < -0.39 is 6.09 Å². The minimum atomic E-state index is -0.997. The van der Waals surface area contributed by atoms with Crippen LogP contribution < -0.4 is 10.6 Å². The molecule has 0 saturated carbocycles. The number of carbonyl (C=O) groups is 3. The molecule has 0 bridgehead atoms. The van der Waals surface area contributed by atoms with Gasteiger partial charge < -0.3 is 15.7 Å². The van der Waals surface area contributed by atoms with E-state index >= 15 is 0 Å². The van der Waals surface area contributed by atoms with Crippen molar-refractivity contribution in [3.63, 3.8) is 0 Å². The van der Waals surface area contributed by atoms with Gasteiger partial charge in [-0.3, -0.25) is 14.5 Å². The lowest BCUT2D eigenvalue weighted by Gasteiger charge is -2.18. The number of anilines is 2. The summed E-state index contributed by atoms with van der Waals surface area (Å²) in [5.41, 5.74) is 2.42. The molecule has 158 valence electrons. The van der Waals surface area contributed by atoms with Gasteiger partial charge in [-0.25, -0.2) is 4.79 Å². The number of amides is 3. The van der Waals surface area contributed by atoms with Crippen molar-refractivity contribution in [1.82, 2.24) is 4.90 Å². The Hall–Kier alpha value is -3.91. The smallest absolute Gasteiger partial charge is 0.407 e. The second-order valence-electron chi connectivity index (χ2n) is 6.64. The van der Waals surface area contributed by atoms with Crippen LogP contribution in [0.3, 0.4) is 0 Å². The molecule has 3 N–H and O–H groups in total. The summed E-state index contributed by atoms with van der Waals surface area (Å²) >= 11 is 1.51. The number of benzene rings is 2. The van der Waals surface area contributed by atoms with Gasteiger partial charge in [0.25, 0.3) is 5.91 Å². The molecular weight excluding hydrogens is 414 g/mol. The Kier molecular flexibility index (Phi) is 7.18. The molecule has 0 radical (unpaired) electrons. The van der Waals surface area contributed by atoms with Crippen molar-refractivity contribution < 1.29 is 19.5 Å². The number of hydrogen-bond donors (Lipinski definition) is 3. The number of thiophene rings is 1. The molecule has 0 saturated heterocycles. The molecule has 3 aromatic rings. The summed E-state index contributed by atoms with van der Waals surface area (Å²) < 4.78 is 0. The van der Waals surface area contributed by atoms with E-state index in [0.29, 0.717) is 23.5 Å². The van der Waals surface area contributed by atoms with Gasteiger partial charge in [0.1, 0.15) is 0 Å². The minimum Gasteiger partial charge on any atom is -0.465 e. The van der Waals surface area contributed by atoms with Crippen LogP contribution in [0.1, 0.15) is 20.8 Å². The fourth-order valence-electron chi connectivity index (χ4n) is 2.80. The van der Waals surface area contributed by atoms with E-state index in [-0.39, 0.29) is 18.4 Å². The molecule has 2 aromatic carbocycles. The first-order chi connectivity index (χ1) is 14.9. The Bertz CT molecular complexity index is 1060. The molecule has 3 rings (SSSR count). The van der Waals surface area contributed by atoms with Crippen molar-refractivity contribution in [2.45, 2.75) is 13.1 Å². The fourth-order valence-corrected chi connectivity index (χ4v) is 3.52. The normalized spacial score (nSPS) is 10.2. The van der Waals surface area contributed by atoms with Gasteiger partial charge in [-0.05, 0) is 59.5 Å². The van der Waals surface area contributed by atoms with E-state index in [0.717, 1.165) is 10.4 Å². The van der Waals surface area contributed by atoms with Gasteiger partial charge in [-0.15, -0.1) is 11.3 Å². The summed E-state index contributed by atoms with van der Waals surface area (Å²) in [5, 5.41) is 16.8. The van der Waals surface area contributed by atoms with E-state index in [1.165, 1.54) is 22.3 Å². The number of carboxylic acid groups (broad SMARTS) is 1. The largest absolute Gasteiger partial charge is 0.465 e. The topological polar surface area (TPSA) is 98.7 Å². The zero-order valence-electron chi connectivity index (χ0n) is 16.6. The number of rotatable bonds is 8. The highest BCUT2D eigenvalue weighted by atomic mass is 32.1. The first-order valence-corrected chi connectivity index (χ1v) is 10.3. The van der Waals surface area contributed by atoms with Crippen molar-refractivity contribution in [3.8, 4) is 0 Å². The van der Waals surface area contributed by atoms with Gasteiger partial charge in [0, 0.05) is 28.4 Å². The summed E-state index contributed by atoms with van der Waals surface area (Å²) in [5.74, 6) is -0.600. The number of nitrogens with one attached hydrogen (secondary N) is 2. The molecule has 1 aromatic heterocycles. The zero-order chi connectivity index (χ0) is 22.2. The molecular formula is C23H21N3O4S. The summed E-state index contributed by atoms with van der Waals surface area (Å²) in [4.78, 5) is 37.6. The Balaban J connectivity index is 1.59. The van der Waals surface area contributed by atoms with Gasteiger partial charge in [-0.2, -0.15) is 0 Å². The van der Waals surface area contributed by atoms with Gasteiger partial charge in [0.15, 0.2) is 0 Å². The van der Waals surface area contributed by atoms with Crippen LogP contribution in [-0.4, -0.2) is 27.9 Å². The first-order valence-electron chi connectivity index (χ1n) is 9.38. The van der Waals surface area contributed by atoms with E-state index in [4.69, 9.17) is 0 Å². The fraction of sp³-hybridized carbons (Fsp3) is 0.0870. The van der Waals surface area contributed by atoms with Crippen LogP contribution in [0.2, 0.25) is 0 Å². The summed E-state index contributed by atoms with van der Waals surface area (Å²) in [6, 6.07) is 17.3. The van der Waals surface area contributed by atoms with Crippen LogP contribution in [0.25, 0.3) is 0 Å².